The van der Waals surface area contributed by atoms with E-state index in [0.717, 1.165) is 5.69 Å². The minimum Gasteiger partial charge on any atom is -0.237 e. The Labute approximate surface area is 65.0 Å². The molecule has 1 heterocycles. The van der Waals surface area contributed by atoms with Crippen molar-refractivity contribution in [3.8, 4) is 6.07 Å². The summed E-state index contributed by atoms with van der Waals surface area (Å²) in [6.45, 7) is 1.88. The van der Waals surface area contributed by atoms with Crippen LogP contribution in [0.2, 0.25) is 0 Å². The van der Waals surface area contributed by atoms with Gasteiger partial charge in [-0.1, -0.05) is 0 Å². The molecule has 1 aromatic rings. The van der Waals surface area contributed by atoms with Crippen LogP contribution in [-0.4, -0.2) is 9.97 Å². The van der Waals surface area contributed by atoms with E-state index in [-0.39, 0.29) is 0 Å². The summed E-state index contributed by atoms with van der Waals surface area (Å²) in [6, 6.07) is 3.68. The highest BCUT2D eigenvalue weighted by molar-refractivity contribution is 5.43. The molecule has 0 atom stereocenters. The zero-order valence-corrected chi connectivity index (χ0v) is 6.15. The van der Waals surface area contributed by atoms with Gasteiger partial charge in [0, 0.05) is 18.0 Å². The van der Waals surface area contributed by atoms with E-state index >= 15 is 0 Å². The van der Waals surface area contributed by atoms with Crippen molar-refractivity contribution in [3.05, 3.63) is 29.9 Å². The van der Waals surface area contributed by atoms with Crippen LogP contribution in [-0.2, 0) is 0 Å². The molecule has 54 valence electrons. The van der Waals surface area contributed by atoms with E-state index < -0.39 is 0 Å². The van der Waals surface area contributed by atoms with Crippen molar-refractivity contribution in [2.24, 2.45) is 0 Å². The Balaban J connectivity index is 2.90. The standard InChI is InChI=1S/C8H7N3/c1-7-4-6-10-8(11-7)3-2-5-9/h2-4,6H,1H3. The molecule has 0 saturated heterocycles. The molecule has 0 fully saturated rings. The molecule has 0 aromatic carbocycles. The summed E-state index contributed by atoms with van der Waals surface area (Å²) in [5, 5.41) is 8.20. The lowest BCUT2D eigenvalue weighted by atomic mass is 10.4. The number of hydrogen-bond donors (Lipinski definition) is 0. The molecule has 0 spiro atoms. The summed E-state index contributed by atoms with van der Waals surface area (Å²) in [4.78, 5) is 7.99. The maximum atomic E-state index is 8.20. The van der Waals surface area contributed by atoms with Crippen molar-refractivity contribution in [2.45, 2.75) is 6.92 Å². The highest BCUT2D eigenvalue weighted by atomic mass is 14.9. The van der Waals surface area contributed by atoms with Gasteiger partial charge >= 0.3 is 0 Å². The molecule has 1 rings (SSSR count). The Morgan fingerprint density at radius 2 is 2.45 bits per heavy atom. The van der Waals surface area contributed by atoms with Crippen molar-refractivity contribution >= 4 is 6.08 Å². The highest BCUT2D eigenvalue weighted by Gasteiger charge is 1.88. The molecule has 0 aliphatic heterocycles. The maximum Gasteiger partial charge on any atom is 0.152 e. The summed E-state index contributed by atoms with van der Waals surface area (Å²) in [6.07, 6.45) is 4.60. The fourth-order valence-electron chi connectivity index (χ4n) is 0.660. The predicted molar refractivity (Wildman–Crippen MR) is 41.4 cm³/mol. The number of aryl methyl sites for hydroxylation is 1. The Bertz CT molecular complexity index is 309. The van der Waals surface area contributed by atoms with Gasteiger partial charge in [-0.3, -0.25) is 0 Å². The Hall–Kier alpha value is -1.69. The van der Waals surface area contributed by atoms with Gasteiger partial charge in [-0.05, 0) is 19.1 Å². The van der Waals surface area contributed by atoms with Gasteiger partial charge in [0.1, 0.15) is 0 Å². The summed E-state index contributed by atoms with van der Waals surface area (Å²) < 4.78 is 0. The first-order valence-electron chi connectivity index (χ1n) is 3.19. The van der Waals surface area contributed by atoms with Crippen molar-refractivity contribution in [1.82, 2.24) is 9.97 Å². The topological polar surface area (TPSA) is 49.6 Å². The molecule has 0 saturated carbocycles. The van der Waals surface area contributed by atoms with Crippen molar-refractivity contribution in [2.75, 3.05) is 0 Å². The van der Waals surface area contributed by atoms with Gasteiger partial charge in [-0.15, -0.1) is 0 Å². The largest absolute Gasteiger partial charge is 0.237 e. The fourth-order valence-corrected chi connectivity index (χ4v) is 0.660. The van der Waals surface area contributed by atoms with Crippen LogP contribution in [0, 0.1) is 18.3 Å². The SMILES string of the molecule is Cc1ccnc(C=CC#N)n1. The van der Waals surface area contributed by atoms with Crippen LogP contribution >= 0.6 is 0 Å². The first kappa shape index (κ1) is 7.42. The van der Waals surface area contributed by atoms with Crippen LogP contribution in [0.25, 0.3) is 6.08 Å². The lowest BCUT2D eigenvalue weighted by Crippen LogP contribution is -1.87. The van der Waals surface area contributed by atoms with E-state index in [1.54, 1.807) is 12.3 Å². The third-order valence-electron chi connectivity index (χ3n) is 1.12. The summed E-state index contributed by atoms with van der Waals surface area (Å²) >= 11 is 0. The van der Waals surface area contributed by atoms with Gasteiger partial charge < -0.3 is 0 Å². The number of aromatic nitrogens is 2. The third-order valence-corrected chi connectivity index (χ3v) is 1.12. The van der Waals surface area contributed by atoms with Gasteiger partial charge in [-0.25, -0.2) is 9.97 Å². The number of nitrogens with zero attached hydrogens (tertiary/aromatic N) is 3. The molecular weight excluding hydrogens is 138 g/mol. The highest BCUT2D eigenvalue weighted by Crippen LogP contribution is 1.94. The van der Waals surface area contributed by atoms with Crippen LogP contribution in [0.4, 0.5) is 0 Å². The van der Waals surface area contributed by atoms with Crippen LogP contribution in [0.5, 0.6) is 0 Å². The molecule has 0 unspecified atom stereocenters. The molecule has 1 aromatic heterocycles. The zero-order chi connectivity index (χ0) is 8.10. The molecule has 0 amide bonds. The van der Waals surface area contributed by atoms with E-state index in [1.165, 1.54) is 6.08 Å². The van der Waals surface area contributed by atoms with Crippen LogP contribution < -0.4 is 0 Å². The molecule has 3 heteroatoms. The van der Waals surface area contributed by atoms with E-state index in [1.807, 2.05) is 19.1 Å². The van der Waals surface area contributed by atoms with Crippen LogP contribution in [0.3, 0.4) is 0 Å². The van der Waals surface area contributed by atoms with E-state index in [4.69, 9.17) is 5.26 Å². The molecule has 0 aliphatic carbocycles. The monoisotopic (exact) mass is 145 g/mol. The van der Waals surface area contributed by atoms with Gasteiger partial charge in [-0.2, -0.15) is 5.26 Å². The van der Waals surface area contributed by atoms with Crippen molar-refractivity contribution in [3.63, 3.8) is 0 Å². The first-order chi connectivity index (χ1) is 5.33. The average Bonchev–Trinajstić information content (AvgIpc) is 2.01. The fraction of sp³-hybridized carbons (Fsp3) is 0.125. The van der Waals surface area contributed by atoms with Crippen LogP contribution in [0.15, 0.2) is 18.3 Å². The first-order valence-corrected chi connectivity index (χ1v) is 3.19. The molecule has 0 radical (unpaired) electrons. The Kier molecular flexibility index (Phi) is 2.34. The van der Waals surface area contributed by atoms with E-state index in [9.17, 15) is 0 Å². The normalized spacial score (nSPS) is 9.82. The predicted octanol–water partition coefficient (Wildman–Crippen LogP) is 1.32. The summed E-state index contributed by atoms with van der Waals surface area (Å²) in [5.74, 6) is 0.576. The molecule has 0 aliphatic rings. The number of hydrogen-bond acceptors (Lipinski definition) is 3. The molecular formula is C8H7N3. The van der Waals surface area contributed by atoms with Crippen LogP contribution in [0.1, 0.15) is 11.5 Å². The molecule has 0 bridgehead atoms. The second-order valence-corrected chi connectivity index (χ2v) is 2.02. The van der Waals surface area contributed by atoms with Gasteiger partial charge in [0.25, 0.3) is 0 Å². The third kappa shape index (κ3) is 2.18. The summed E-state index contributed by atoms with van der Waals surface area (Å²) in [7, 11) is 0. The smallest absolute Gasteiger partial charge is 0.152 e. The summed E-state index contributed by atoms with van der Waals surface area (Å²) in [5.41, 5.74) is 0.901. The molecule has 11 heavy (non-hydrogen) atoms. The lowest BCUT2D eigenvalue weighted by molar-refractivity contribution is 1.08. The van der Waals surface area contributed by atoms with E-state index in [0.29, 0.717) is 5.82 Å². The number of rotatable bonds is 1. The number of nitriles is 1. The van der Waals surface area contributed by atoms with Crippen molar-refractivity contribution in [1.29, 1.82) is 5.26 Å². The van der Waals surface area contributed by atoms with Gasteiger partial charge in [0.15, 0.2) is 5.82 Å². The van der Waals surface area contributed by atoms with Gasteiger partial charge in [0.2, 0.25) is 0 Å². The second-order valence-electron chi connectivity index (χ2n) is 2.02. The average molecular weight is 145 g/mol. The molecule has 0 N–H and O–H groups in total. The zero-order valence-electron chi connectivity index (χ0n) is 6.15. The Morgan fingerprint density at radius 3 is 3.09 bits per heavy atom. The van der Waals surface area contributed by atoms with Crippen molar-refractivity contribution < 1.29 is 0 Å². The minimum absolute atomic E-state index is 0.576. The Morgan fingerprint density at radius 1 is 1.64 bits per heavy atom. The quantitative estimate of drug-likeness (QED) is 0.560. The van der Waals surface area contributed by atoms with Gasteiger partial charge in [0.05, 0.1) is 6.07 Å². The minimum atomic E-state index is 0.576. The molecule has 3 nitrogen and oxygen atoms in total. The number of allylic oxidation sites excluding steroid dienone is 1. The lowest BCUT2D eigenvalue weighted by Gasteiger charge is -1.91. The maximum absolute atomic E-state index is 8.20. The second kappa shape index (κ2) is 3.47. The van der Waals surface area contributed by atoms with E-state index in [2.05, 4.69) is 9.97 Å².